The number of aromatic hydroxyl groups is 1. The number of benzene rings is 2. The van der Waals surface area contributed by atoms with Crippen molar-refractivity contribution in [2.24, 2.45) is 4.99 Å². The van der Waals surface area contributed by atoms with E-state index in [-0.39, 0.29) is 18.1 Å². The molecule has 0 saturated carbocycles. The van der Waals surface area contributed by atoms with Gasteiger partial charge in [0.1, 0.15) is 18.0 Å². The van der Waals surface area contributed by atoms with E-state index in [2.05, 4.69) is 4.99 Å². The maximum Gasteiger partial charge on any atom is 0.341 e. The summed E-state index contributed by atoms with van der Waals surface area (Å²) < 4.78 is 5.04. The smallest absolute Gasteiger partial charge is 0.341 e. The molecule has 2 N–H and O–H groups in total. The van der Waals surface area contributed by atoms with Crippen LogP contribution in [-0.4, -0.2) is 40.8 Å². The van der Waals surface area contributed by atoms with Crippen molar-refractivity contribution in [3.05, 3.63) is 69.0 Å². The topological polar surface area (TPSA) is 96.2 Å². The Morgan fingerprint density at radius 2 is 1.81 bits per heavy atom. The van der Waals surface area contributed by atoms with Crippen molar-refractivity contribution in [1.82, 2.24) is 0 Å². The van der Waals surface area contributed by atoms with Crippen LogP contribution in [0.1, 0.15) is 22.8 Å². The van der Waals surface area contributed by atoms with Crippen molar-refractivity contribution >= 4 is 52.0 Å². The minimum Gasteiger partial charge on any atom is -0.506 e. The molecular formula is C22H17Cl2NO5S. The third kappa shape index (κ3) is 5.64. The van der Waals surface area contributed by atoms with Gasteiger partial charge in [0.25, 0.3) is 0 Å². The molecule has 2 aromatic carbocycles. The number of aliphatic imine (C=N–C) groups is 1. The van der Waals surface area contributed by atoms with Gasteiger partial charge in [0, 0.05) is 22.2 Å². The number of aliphatic carboxylic acids is 1. The zero-order valence-electron chi connectivity index (χ0n) is 16.3. The Hall–Kier alpha value is -2.87. The summed E-state index contributed by atoms with van der Waals surface area (Å²) in [5.74, 6) is -0.874. The third-order valence-corrected chi connectivity index (χ3v) is 6.09. The van der Waals surface area contributed by atoms with E-state index in [1.807, 2.05) is 0 Å². The highest BCUT2D eigenvalue weighted by Crippen LogP contribution is 2.40. The predicted octanol–water partition coefficient (Wildman–Crippen LogP) is 5.58. The Morgan fingerprint density at radius 1 is 1.10 bits per heavy atom. The maximum atomic E-state index is 12.4. The van der Waals surface area contributed by atoms with Gasteiger partial charge in [-0.15, -0.1) is 11.3 Å². The largest absolute Gasteiger partial charge is 0.506 e. The number of thiophene rings is 1. The van der Waals surface area contributed by atoms with Gasteiger partial charge in [0.15, 0.2) is 12.4 Å². The Bertz CT molecular complexity index is 1160. The van der Waals surface area contributed by atoms with Crippen LogP contribution in [0.4, 0.5) is 0 Å². The molecule has 160 valence electrons. The lowest BCUT2D eigenvalue weighted by Gasteiger charge is -2.05. The van der Waals surface area contributed by atoms with Crippen LogP contribution in [0.15, 0.2) is 52.8 Å². The highest BCUT2D eigenvalue weighted by molar-refractivity contribution is 7.14. The summed E-state index contributed by atoms with van der Waals surface area (Å²) in [5.41, 5.74) is 2.22. The second-order valence-corrected chi connectivity index (χ2v) is 8.18. The van der Waals surface area contributed by atoms with Crippen molar-refractivity contribution in [3.63, 3.8) is 0 Å². The number of carbonyl (C=O) groups excluding carboxylic acids is 1. The highest BCUT2D eigenvalue weighted by Gasteiger charge is 2.16. The zero-order valence-corrected chi connectivity index (χ0v) is 18.6. The third-order valence-electron chi connectivity index (χ3n) is 4.33. The lowest BCUT2D eigenvalue weighted by atomic mass is 10.1. The van der Waals surface area contributed by atoms with Crippen molar-refractivity contribution in [1.29, 1.82) is 0 Å². The van der Waals surface area contributed by atoms with Crippen molar-refractivity contribution < 1.29 is 24.5 Å². The summed E-state index contributed by atoms with van der Waals surface area (Å²) in [4.78, 5) is 27.9. The molecule has 3 rings (SSSR count). The van der Waals surface area contributed by atoms with Crippen LogP contribution in [0.5, 0.6) is 11.5 Å². The molecule has 0 aliphatic heterocycles. The van der Waals surface area contributed by atoms with Crippen LogP contribution in [0.2, 0.25) is 10.0 Å². The molecule has 0 radical (unpaired) electrons. The summed E-state index contributed by atoms with van der Waals surface area (Å²) >= 11 is 13.4. The molecule has 0 amide bonds. The van der Waals surface area contributed by atoms with Gasteiger partial charge < -0.3 is 14.9 Å². The SMILES string of the molecule is CC(=NCC(=O)c1ccc(OCC(=O)O)cc1)c1csc(-c2ccc(Cl)c(Cl)c2)c1O. The second kappa shape index (κ2) is 9.96. The summed E-state index contributed by atoms with van der Waals surface area (Å²) in [7, 11) is 0. The van der Waals surface area contributed by atoms with Crippen molar-refractivity contribution in [3.8, 4) is 21.9 Å². The molecule has 0 saturated heterocycles. The predicted molar refractivity (Wildman–Crippen MR) is 122 cm³/mol. The molecule has 0 unspecified atom stereocenters. The second-order valence-electron chi connectivity index (χ2n) is 6.49. The van der Waals surface area contributed by atoms with E-state index >= 15 is 0 Å². The Morgan fingerprint density at radius 3 is 2.45 bits per heavy atom. The van der Waals surface area contributed by atoms with Crippen LogP contribution in [0, 0.1) is 0 Å². The molecule has 0 atom stereocenters. The highest BCUT2D eigenvalue weighted by atomic mass is 35.5. The maximum absolute atomic E-state index is 12.4. The molecule has 1 aromatic heterocycles. The molecular weight excluding hydrogens is 461 g/mol. The molecule has 0 spiro atoms. The molecule has 0 bridgehead atoms. The first kappa shape index (κ1) is 22.8. The molecule has 0 aliphatic carbocycles. The van der Waals surface area contributed by atoms with Crippen LogP contribution < -0.4 is 4.74 Å². The standard InChI is InChI=1S/C22H17Cl2NO5S/c1-12(16-11-31-22(21(16)29)14-4-7-17(23)18(24)8-14)25-9-19(26)13-2-5-15(6-3-13)30-10-20(27)28/h2-8,11,29H,9-10H2,1H3,(H,27,28). The number of ketones is 1. The van der Waals surface area contributed by atoms with E-state index in [1.165, 1.54) is 23.5 Å². The average Bonchev–Trinajstić information content (AvgIpc) is 3.14. The molecule has 6 nitrogen and oxygen atoms in total. The van der Waals surface area contributed by atoms with Gasteiger partial charge in [-0.05, 0) is 48.9 Å². The molecule has 0 aliphatic rings. The van der Waals surface area contributed by atoms with E-state index in [1.54, 1.807) is 42.6 Å². The van der Waals surface area contributed by atoms with Gasteiger partial charge in [0.2, 0.25) is 0 Å². The fraction of sp³-hybridized carbons (Fsp3) is 0.136. The number of carboxylic acids is 1. The number of carbonyl (C=O) groups is 2. The zero-order chi connectivity index (χ0) is 22.5. The van der Waals surface area contributed by atoms with Crippen LogP contribution in [0.3, 0.4) is 0 Å². The lowest BCUT2D eigenvalue weighted by Crippen LogP contribution is -2.10. The van der Waals surface area contributed by atoms with Crippen molar-refractivity contribution in [2.45, 2.75) is 6.92 Å². The van der Waals surface area contributed by atoms with Crippen LogP contribution >= 0.6 is 34.5 Å². The number of nitrogens with zero attached hydrogens (tertiary/aromatic N) is 1. The van der Waals surface area contributed by atoms with Crippen LogP contribution in [0.25, 0.3) is 10.4 Å². The Balaban J connectivity index is 1.70. The number of hydrogen-bond acceptors (Lipinski definition) is 6. The monoisotopic (exact) mass is 477 g/mol. The first-order chi connectivity index (χ1) is 14.8. The van der Waals surface area contributed by atoms with E-state index in [0.29, 0.717) is 37.5 Å². The lowest BCUT2D eigenvalue weighted by molar-refractivity contribution is -0.139. The molecule has 1 heterocycles. The number of Topliss-reactive ketones (excluding diaryl/α,β-unsaturated/α-hetero) is 1. The summed E-state index contributed by atoms with van der Waals surface area (Å²) in [6.45, 7) is 1.17. The van der Waals surface area contributed by atoms with E-state index in [4.69, 9.17) is 33.0 Å². The summed E-state index contributed by atoms with van der Waals surface area (Å²) in [6, 6.07) is 11.3. The number of carboxylic acid groups (broad SMARTS) is 1. The fourth-order valence-corrected chi connectivity index (χ4v) is 4.00. The Labute approximate surface area is 192 Å². The van der Waals surface area contributed by atoms with Crippen LogP contribution in [-0.2, 0) is 4.79 Å². The Kier molecular flexibility index (Phi) is 7.33. The summed E-state index contributed by atoms with van der Waals surface area (Å²) in [5, 5.41) is 21.8. The van der Waals surface area contributed by atoms with Gasteiger partial charge >= 0.3 is 5.97 Å². The number of halogens is 2. The van der Waals surface area contributed by atoms with Gasteiger partial charge in [-0.25, -0.2) is 4.79 Å². The molecule has 3 aromatic rings. The van der Waals surface area contributed by atoms with Gasteiger partial charge in [-0.2, -0.15) is 0 Å². The van der Waals surface area contributed by atoms with Gasteiger partial charge in [-0.3, -0.25) is 9.79 Å². The van der Waals surface area contributed by atoms with E-state index in [0.717, 1.165) is 5.56 Å². The quantitative estimate of drug-likeness (QED) is 0.325. The van der Waals surface area contributed by atoms with Gasteiger partial charge in [0.05, 0.1) is 14.9 Å². The molecule has 0 fully saturated rings. The average molecular weight is 478 g/mol. The minimum absolute atomic E-state index is 0.0667. The fourth-order valence-electron chi connectivity index (χ4n) is 2.70. The normalized spacial score (nSPS) is 11.4. The molecule has 9 heteroatoms. The first-order valence-electron chi connectivity index (χ1n) is 9.01. The number of hydrogen-bond donors (Lipinski definition) is 2. The first-order valence-corrected chi connectivity index (χ1v) is 10.6. The van der Waals surface area contributed by atoms with Crippen molar-refractivity contribution in [2.75, 3.05) is 13.2 Å². The van der Waals surface area contributed by atoms with Gasteiger partial charge in [-0.1, -0.05) is 29.3 Å². The number of rotatable bonds is 8. The minimum atomic E-state index is -1.08. The van der Waals surface area contributed by atoms with E-state index < -0.39 is 12.6 Å². The number of ether oxygens (including phenoxy) is 1. The van der Waals surface area contributed by atoms with E-state index in [9.17, 15) is 14.7 Å². The molecule has 31 heavy (non-hydrogen) atoms. The summed E-state index contributed by atoms with van der Waals surface area (Å²) in [6.07, 6.45) is 0.